The average molecular weight is 662 g/mol. The van der Waals surface area contributed by atoms with Crippen molar-refractivity contribution in [1.82, 2.24) is 20.1 Å². The van der Waals surface area contributed by atoms with Crippen LogP contribution in [0.3, 0.4) is 0 Å². The van der Waals surface area contributed by atoms with Crippen molar-refractivity contribution < 1.29 is 46.5 Å². The first-order valence-corrected chi connectivity index (χ1v) is 14.4. The SMILES string of the molecule is C[C@]1(C(N)=O)COc2c1cc([C@@](O)(CNC(=O)c1cc(Cl)c3nn(C(F)F)cc3c1)C1CC1)nc2-c1ccc2c(c1)OC(F)(F)O2. The number of hydrogen-bond donors (Lipinski definition) is 3. The molecule has 240 valence electrons. The van der Waals surface area contributed by atoms with Crippen LogP contribution in [0.25, 0.3) is 22.2 Å². The molecule has 46 heavy (non-hydrogen) atoms. The van der Waals surface area contributed by atoms with Gasteiger partial charge in [-0.2, -0.15) is 13.9 Å². The van der Waals surface area contributed by atoms with E-state index in [-0.39, 0.29) is 74.8 Å². The van der Waals surface area contributed by atoms with Crippen LogP contribution in [-0.2, 0) is 15.8 Å². The van der Waals surface area contributed by atoms with Gasteiger partial charge in [-0.25, -0.2) is 9.67 Å². The van der Waals surface area contributed by atoms with Gasteiger partial charge in [0.15, 0.2) is 11.5 Å². The number of ether oxygens (including phenoxy) is 3. The molecule has 1 fully saturated rings. The zero-order valence-electron chi connectivity index (χ0n) is 23.8. The minimum atomic E-state index is -3.86. The number of hydrogen-bond acceptors (Lipinski definition) is 8. The van der Waals surface area contributed by atoms with Crippen LogP contribution >= 0.6 is 11.6 Å². The minimum absolute atomic E-state index is 0.0170. The molecule has 11 nitrogen and oxygen atoms in total. The molecule has 2 aromatic heterocycles. The zero-order chi connectivity index (χ0) is 32.8. The number of rotatable bonds is 8. The summed E-state index contributed by atoms with van der Waals surface area (Å²) < 4.78 is 69.3. The number of nitrogens with two attached hydrogens (primary N) is 1. The number of nitrogens with zero attached hydrogens (tertiary/aromatic N) is 3. The number of halogens is 5. The summed E-state index contributed by atoms with van der Waals surface area (Å²) in [5.41, 5.74) is 3.60. The Morgan fingerprint density at radius 3 is 2.63 bits per heavy atom. The van der Waals surface area contributed by atoms with Crippen molar-refractivity contribution in [3.63, 3.8) is 0 Å². The zero-order valence-corrected chi connectivity index (χ0v) is 24.6. The fourth-order valence-electron chi connectivity index (χ4n) is 5.77. The summed E-state index contributed by atoms with van der Waals surface area (Å²) in [5, 5.41) is 18.8. The lowest BCUT2D eigenvalue weighted by atomic mass is 9.81. The third kappa shape index (κ3) is 4.85. The molecule has 1 aliphatic carbocycles. The largest absolute Gasteiger partial charge is 0.586 e. The van der Waals surface area contributed by atoms with Gasteiger partial charge in [0, 0.05) is 28.3 Å². The molecule has 4 aromatic rings. The summed E-state index contributed by atoms with van der Waals surface area (Å²) in [6.07, 6.45) is -1.61. The molecule has 2 amide bonds. The van der Waals surface area contributed by atoms with Crippen molar-refractivity contribution >= 4 is 34.3 Å². The van der Waals surface area contributed by atoms with Crippen LogP contribution < -0.4 is 25.3 Å². The van der Waals surface area contributed by atoms with E-state index in [1.165, 1.54) is 36.4 Å². The van der Waals surface area contributed by atoms with Crippen LogP contribution in [0.5, 0.6) is 17.2 Å². The molecule has 4 N–H and O–H groups in total. The van der Waals surface area contributed by atoms with E-state index in [9.17, 15) is 32.3 Å². The number of alkyl halides is 4. The van der Waals surface area contributed by atoms with Gasteiger partial charge in [-0.1, -0.05) is 11.6 Å². The second-order valence-corrected chi connectivity index (χ2v) is 12.1. The van der Waals surface area contributed by atoms with Crippen LogP contribution in [0.4, 0.5) is 17.6 Å². The van der Waals surface area contributed by atoms with Crippen LogP contribution in [0.2, 0.25) is 5.02 Å². The van der Waals surface area contributed by atoms with E-state index in [0.717, 1.165) is 6.20 Å². The third-order valence-electron chi connectivity index (χ3n) is 8.55. The van der Waals surface area contributed by atoms with Gasteiger partial charge < -0.3 is 30.4 Å². The van der Waals surface area contributed by atoms with Crippen molar-refractivity contribution in [2.24, 2.45) is 11.7 Å². The number of fused-ring (bicyclic) bond motifs is 3. The first-order chi connectivity index (χ1) is 21.7. The standard InChI is InChI=1S/C30H24ClF4N5O6/c1-28(26(36)42)12-44-24-17(28)9-21(38-23(24)13-2-5-19-20(8-13)46-30(34,35)45-19)29(43,16-3-4-16)11-37-25(41)14-6-15-10-40(27(32)33)39-22(15)18(31)7-14/h2,5-10,16,27,43H,3-4,11-12H2,1H3,(H2,36,42)(H,37,41)/t28-,29+/m0/s1. The Morgan fingerprint density at radius 2 is 1.93 bits per heavy atom. The maximum atomic E-state index is 13.8. The summed E-state index contributed by atoms with van der Waals surface area (Å²) in [7, 11) is 0. The van der Waals surface area contributed by atoms with E-state index in [2.05, 4.69) is 19.9 Å². The molecule has 4 heterocycles. The molecule has 0 unspecified atom stereocenters. The molecule has 7 rings (SSSR count). The summed E-state index contributed by atoms with van der Waals surface area (Å²) in [4.78, 5) is 30.6. The number of carbonyl (C=O) groups is 2. The highest BCUT2D eigenvalue weighted by Gasteiger charge is 2.50. The van der Waals surface area contributed by atoms with E-state index in [4.69, 9.17) is 27.1 Å². The van der Waals surface area contributed by atoms with Crippen LogP contribution in [0.1, 0.15) is 47.9 Å². The molecule has 1 saturated carbocycles. The van der Waals surface area contributed by atoms with Crippen molar-refractivity contribution in [2.75, 3.05) is 13.2 Å². The number of nitrogens with one attached hydrogen (secondary N) is 1. The number of benzene rings is 2. The van der Waals surface area contributed by atoms with Gasteiger partial charge in [0.2, 0.25) is 5.91 Å². The lowest BCUT2D eigenvalue weighted by Crippen LogP contribution is -2.44. The third-order valence-corrected chi connectivity index (χ3v) is 8.84. The Morgan fingerprint density at radius 1 is 1.20 bits per heavy atom. The Bertz CT molecular complexity index is 1950. The van der Waals surface area contributed by atoms with Gasteiger partial charge in [0.1, 0.15) is 34.6 Å². The maximum Gasteiger partial charge on any atom is 0.586 e. The molecule has 0 saturated heterocycles. The topological polar surface area (TPSA) is 151 Å². The van der Waals surface area contributed by atoms with Crippen LogP contribution in [-0.4, -0.2) is 51.1 Å². The quantitative estimate of drug-likeness (QED) is 0.231. The molecule has 2 aromatic carbocycles. The highest BCUT2D eigenvalue weighted by Crippen LogP contribution is 2.51. The molecule has 0 spiro atoms. The number of pyridine rings is 1. The fourth-order valence-corrected chi connectivity index (χ4v) is 6.03. The summed E-state index contributed by atoms with van der Waals surface area (Å²) in [6.45, 7) is -1.81. The monoisotopic (exact) mass is 661 g/mol. The van der Waals surface area contributed by atoms with Crippen molar-refractivity contribution in [3.05, 3.63) is 64.4 Å². The first kappa shape index (κ1) is 30.0. The van der Waals surface area contributed by atoms with E-state index in [1.807, 2.05) is 0 Å². The second-order valence-electron chi connectivity index (χ2n) is 11.7. The lowest BCUT2D eigenvalue weighted by molar-refractivity contribution is -0.286. The predicted octanol–water partition coefficient (Wildman–Crippen LogP) is 4.63. The van der Waals surface area contributed by atoms with Gasteiger partial charge in [-0.15, -0.1) is 8.78 Å². The Kier molecular flexibility index (Phi) is 6.65. The number of carbonyl (C=O) groups excluding carboxylic acids is 2. The number of aliphatic hydroxyl groups is 1. The molecular formula is C30H24ClF4N5O6. The predicted molar refractivity (Wildman–Crippen MR) is 153 cm³/mol. The van der Waals surface area contributed by atoms with Crippen molar-refractivity contribution in [3.8, 4) is 28.5 Å². The van der Waals surface area contributed by atoms with Gasteiger partial charge in [0.05, 0.1) is 17.3 Å². The van der Waals surface area contributed by atoms with Crippen molar-refractivity contribution in [1.29, 1.82) is 0 Å². The molecule has 16 heteroatoms. The van der Waals surface area contributed by atoms with Gasteiger partial charge >= 0.3 is 12.8 Å². The molecule has 2 aliphatic heterocycles. The smallest absolute Gasteiger partial charge is 0.489 e. The molecule has 0 bridgehead atoms. The summed E-state index contributed by atoms with van der Waals surface area (Å²) in [5.74, 6) is -1.98. The van der Waals surface area contributed by atoms with E-state index in [1.54, 1.807) is 6.92 Å². The Labute approximate surface area is 262 Å². The second kappa shape index (κ2) is 10.2. The molecule has 3 aliphatic rings. The Hall–Kier alpha value is -4.63. The molecule has 0 radical (unpaired) electrons. The van der Waals surface area contributed by atoms with E-state index >= 15 is 0 Å². The van der Waals surface area contributed by atoms with Gasteiger partial charge in [-0.05, 0) is 62.1 Å². The van der Waals surface area contributed by atoms with Crippen LogP contribution in [0, 0.1) is 5.92 Å². The average Bonchev–Trinajstić information content (AvgIpc) is 3.56. The summed E-state index contributed by atoms with van der Waals surface area (Å²) in [6, 6.07) is 8.14. The minimum Gasteiger partial charge on any atom is -0.489 e. The number of aromatic nitrogens is 3. The fraction of sp³-hybridized carbons (Fsp3) is 0.333. The maximum absolute atomic E-state index is 13.8. The molecular weight excluding hydrogens is 638 g/mol. The van der Waals surface area contributed by atoms with Crippen molar-refractivity contribution in [2.45, 2.75) is 43.6 Å². The highest BCUT2D eigenvalue weighted by molar-refractivity contribution is 6.35. The van der Waals surface area contributed by atoms with Crippen LogP contribution in [0.15, 0.2) is 42.6 Å². The van der Waals surface area contributed by atoms with E-state index < -0.39 is 35.7 Å². The van der Waals surface area contributed by atoms with Gasteiger partial charge in [-0.3, -0.25) is 9.59 Å². The normalized spacial score (nSPS) is 20.8. The number of primary amides is 1. The summed E-state index contributed by atoms with van der Waals surface area (Å²) >= 11 is 6.24. The van der Waals surface area contributed by atoms with E-state index in [0.29, 0.717) is 23.1 Å². The Balaban J connectivity index is 1.26. The van der Waals surface area contributed by atoms with Gasteiger partial charge in [0.25, 0.3) is 5.91 Å². The molecule has 2 atom stereocenters. The highest BCUT2D eigenvalue weighted by atomic mass is 35.5. The first-order valence-electron chi connectivity index (χ1n) is 14.0. The number of amides is 2. The lowest BCUT2D eigenvalue weighted by Gasteiger charge is -2.30.